The highest BCUT2D eigenvalue weighted by molar-refractivity contribution is 14.1. The summed E-state index contributed by atoms with van der Waals surface area (Å²) in [6.45, 7) is 1.31. The van der Waals surface area contributed by atoms with E-state index < -0.39 is 22.0 Å². The summed E-state index contributed by atoms with van der Waals surface area (Å²) < 4.78 is 10.1. The molecule has 0 spiro atoms. The van der Waals surface area contributed by atoms with Crippen molar-refractivity contribution >= 4 is 67.9 Å². The molecule has 5 nitrogen and oxygen atoms in total. The molecule has 0 saturated heterocycles. The number of halogens is 2. The van der Waals surface area contributed by atoms with Gasteiger partial charge in [0.15, 0.2) is 6.61 Å². The third kappa shape index (κ3) is 4.93. The van der Waals surface area contributed by atoms with Crippen molar-refractivity contribution < 1.29 is 24.2 Å². The Morgan fingerprint density at radius 2 is 1.83 bits per heavy atom. The van der Waals surface area contributed by atoms with Crippen LogP contribution in [0.4, 0.5) is 0 Å². The van der Waals surface area contributed by atoms with E-state index in [4.69, 9.17) is 9.47 Å². The standard InChI is InChI=1S/C16H14I2O5/c1-16(18,9-17)15(21)22-8-14(20)23-13-5-3-10-6-12(19)4-2-11(10)7-13/h2-7,19H,8-9H2,1H3. The average molecular weight is 540 g/mol. The zero-order valence-corrected chi connectivity index (χ0v) is 16.5. The molecule has 0 aromatic heterocycles. The van der Waals surface area contributed by atoms with Crippen molar-refractivity contribution in [1.82, 2.24) is 0 Å². The van der Waals surface area contributed by atoms with Crippen LogP contribution in [-0.2, 0) is 14.3 Å². The smallest absolute Gasteiger partial charge is 0.349 e. The molecule has 1 atom stereocenters. The van der Waals surface area contributed by atoms with Gasteiger partial charge in [-0.05, 0) is 42.0 Å². The number of phenolic OH excluding ortho intramolecular Hbond substituents is 1. The van der Waals surface area contributed by atoms with Crippen molar-refractivity contribution in [2.75, 3.05) is 11.0 Å². The first-order valence-corrected chi connectivity index (χ1v) is 9.28. The van der Waals surface area contributed by atoms with Gasteiger partial charge >= 0.3 is 11.9 Å². The summed E-state index contributed by atoms with van der Waals surface area (Å²) in [6, 6.07) is 9.94. The second-order valence-corrected chi connectivity index (χ2v) is 8.22. The predicted octanol–water partition coefficient (Wildman–Crippen LogP) is 3.62. The summed E-state index contributed by atoms with van der Waals surface area (Å²) in [4.78, 5) is 23.6. The van der Waals surface area contributed by atoms with E-state index in [0.29, 0.717) is 10.2 Å². The lowest BCUT2D eigenvalue weighted by molar-refractivity contribution is -0.154. The zero-order chi connectivity index (χ0) is 17.0. The minimum absolute atomic E-state index is 0.172. The lowest BCUT2D eigenvalue weighted by Gasteiger charge is -2.17. The van der Waals surface area contributed by atoms with Gasteiger partial charge < -0.3 is 14.6 Å². The largest absolute Gasteiger partial charge is 0.508 e. The average Bonchev–Trinajstić information content (AvgIpc) is 2.52. The van der Waals surface area contributed by atoms with E-state index in [0.717, 1.165) is 10.8 Å². The summed E-state index contributed by atoms with van der Waals surface area (Å²) in [6.07, 6.45) is 0. The summed E-state index contributed by atoms with van der Waals surface area (Å²) in [5, 5.41) is 11.1. The third-order valence-corrected chi connectivity index (χ3v) is 6.83. The maximum Gasteiger partial charge on any atom is 0.349 e. The van der Waals surface area contributed by atoms with Crippen LogP contribution in [0.15, 0.2) is 36.4 Å². The number of phenols is 1. The van der Waals surface area contributed by atoms with Crippen LogP contribution in [-0.4, -0.2) is 31.5 Å². The highest BCUT2D eigenvalue weighted by Crippen LogP contribution is 2.25. The zero-order valence-electron chi connectivity index (χ0n) is 12.2. The second kappa shape index (κ2) is 7.65. The molecule has 0 radical (unpaired) electrons. The third-order valence-electron chi connectivity index (χ3n) is 3.02. The van der Waals surface area contributed by atoms with Crippen molar-refractivity contribution in [3.63, 3.8) is 0 Å². The van der Waals surface area contributed by atoms with Crippen molar-refractivity contribution in [1.29, 1.82) is 0 Å². The molecule has 23 heavy (non-hydrogen) atoms. The topological polar surface area (TPSA) is 72.8 Å². The molecule has 0 fully saturated rings. The van der Waals surface area contributed by atoms with Crippen LogP contribution >= 0.6 is 45.2 Å². The molecule has 2 aromatic carbocycles. The molecular formula is C16H14I2O5. The van der Waals surface area contributed by atoms with E-state index in [1.807, 2.05) is 22.6 Å². The van der Waals surface area contributed by atoms with E-state index in [2.05, 4.69) is 22.6 Å². The molecule has 0 bridgehead atoms. The molecule has 0 aliphatic heterocycles. The first-order chi connectivity index (χ1) is 10.8. The monoisotopic (exact) mass is 540 g/mol. The highest BCUT2D eigenvalue weighted by Gasteiger charge is 2.30. The number of fused-ring (bicyclic) bond motifs is 1. The molecule has 1 N–H and O–H groups in total. The highest BCUT2D eigenvalue weighted by atomic mass is 127. The Bertz CT molecular complexity index is 742. The lowest BCUT2D eigenvalue weighted by atomic mass is 10.1. The maximum atomic E-state index is 11.8. The molecule has 0 heterocycles. The number of alkyl halides is 2. The van der Waals surface area contributed by atoms with Gasteiger partial charge in [0.1, 0.15) is 14.9 Å². The Kier molecular flexibility index (Phi) is 6.06. The number of hydrogen-bond donors (Lipinski definition) is 1. The molecule has 2 aromatic rings. The molecule has 122 valence electrons. The Hall–Kier alpha value is -1.10. The van der Waals surface area contributed by atoms with E-state index in [1.165, 1.54) is 0 Å². The molecule has 0 aliphatic carbocycles. The normalized spacial score (nSPS) is 13.3. The van der Waals surface area contributed by atoms with Crippen molar-refractivity contribution in [3.05, 3.63) is 36.4 Å². The van der Waals surface area contributed by atoms with Crippen molar-refractivity contribution in [2.45, 2.75) is 10.3 Å². The lowest BCUT2D eigenvalue weighted by Crippen LogP contribution is -2.33. The number of esters is 2. The van der Waals surface area contributed by atoms with Gasteiger partial charge in [-0.1, -0.05) is 57.3 Å². The minimum Gasteiger partial charge on any atom is -0.508 e. The fourth-order valence-electron chi connectivity index (χ4n) is 1.77. The van der Waals surface area contributed by atoms with Crippen LogP contribution in [0.1, 0.15) is 6.92 Å². The van der Waals surface area contributed by atoms with Gasteiger partial charge in [-0.2, -0.15) is 0 Å². The predicted molar refractivity (Wildman–Crippen MR) is 104 cm³/mol. The van der Waals surface area contributed by atoms with Crippen LogP contribution in [0, 0.1) is 0 Å². The number of ether oxygens (including phenoxy) is 2. The second-order valence-electron chi connectivity index (χ2n) is 5.07. The minimum atomic E-state index is -0.663. The van der Waals surface area contributed by atoms with E-state index in [-0.39, 0.29) is 5.75 Å². The first kappa shape index (κ1) is 18.2. The number of hydrogen-bond acceptors (Lipinski definition) is 5. The number of aromatic hydroxyl groups is 1. The van der Waals surface area contributed by atoms with E-state index in [1.54, 1.807) is 43.3 Å². The van der Waals surface area contributed by atoms with Crippen LogP contribution in [0.25, 0.3) is 10.8 Å². The van der Waals surface area contributed by atoms with Gasteiger partial charge in [0.05, 0.1) is 0 Å². The Balaban J connectivity index is 1.98. The summed E-state index contributed by atoms with van der Waals surface area (Å²) >= 11 is 4.08. The first-order valence-electron chi connectivity index (χ1n) is 6.67. The van der Waals surface area contributed by atoms with E-state index >= 15 is 0 Å². The molecule has 0 saturated carbocycles. The Labute approximate surface area is 160 Å². The maximum absolute atomic E-state index is 11.8. The fourth-order valence-corrected chi connectivity index (χ4v) is 2.23. The van der Waals surface area contributed by atoms with Gasteiger partial charge in [0.25, 0.3) is 0 Å². The van der Waals surface area contributed by atoms with Crippen LogP contribution in [0.5, 0.6) is 11.5 Å². The number of rotatable bonds is 5. The molecule has 0 amide bonds. The van der Waals surface area contributed by atoms with Gasteiger partial charge in [-0.3, -0.25) is 4.79 Å². The van der Waals surface area contributed by atoms with Crippen LogP contribution in [0.3, 0.4) is 0 Å². The SMILES string of the molecule is CC(I)(CI)C(=O)OCC(=O)Oc1ccc2cc(O)ccc2c1. The number of benzene rings is 2. The molecule has 2 rings (SSSR count). The van der Waals surface area contributed by atoms with Gasteiger partial charge in [0, 0.05) is 4.43 Å². The van der Waals surface area contributed by atoms with Crippen LogP contribution in [0.2, 0.25) is 0 Å². The van der Waals surface area contributed by atoms with E-state index in [9.17, 15) is 14.7 Å². The fraction of sp³-hybridized carbons (Fsp3) is 0.250. The molecule has 1 unspecified atom stereocenters. The molecule has 7 heteroatoms. The molecular weight excluding hydrogens is 526 g/mol. The quantitative estimate of drug-likeness (QED) is 0.272. The number of carbonyl (C=O) groups excluding carboxylic acids is 2. The molecule has 0 aliphatic rings. The Morgan fingerprint density at radius 1 is 1.17 bits per heavy atom. The number of carbonyl (C=O) groups is 2. The van der Waals surface area contributed by atoms with Gasteiger partial charge in [0.2, 0.25) is 0 Å². The van der Waals surface area contributed by atoms with Gasteiger partial charge in [-0.15, -0.1) is 0 Å². The van der Waals surface area contributed by atoms with Crippen molar-refractivity contribution in [3.8, 4) is 11.5 Å². The summed E-state index contributed by atoms with van der Waals surface area (Å²) in [7, 11) is 0. The Morgan fingerprint density at radius 3 is 2.52 bits per heavy atom. The van der Waals surface area contributed by atoms with Gasteiger partial charge in [-0.25, -0.2) is 4.79 Å². The summed E-state index contributed by atoms with van der Waals surface area (Å²) in [5.74, 6) is -0.558. The van der Waals surface area contributed by atoms with Crippen molar-refractivity contribution in [2.24, 2.45) is 0 Å². The van der Waals surface area contributed by atoms with Crippen LogP contribution < -0.4 is 4.74 Å². The summed E-state index contributed by atoms with van der Waals surface area (Å²) in [5.41, 5.74) is 0.